The highest BCUT2D eigenvalue weighted by Crippen LogP contribution is 2.34. The number of nitrogens with zero attached hydrogens (tertiary/aromatic N) is 4. The van der Waals surface area contributed by atoms with Gasteiger partial charge in [0.05, 0.1) is 5.92 Å². The predicted molar refractivity (Wildman–Crippen MR) is 99.1 cm³/mol. The van der Waals surface area contributed by atoms with Gasteiger partial charge in [-0.3, -0.25) is 9.20 Å². The summed E-state index contributed by atoms with van der Waals surface area (Å²) >= 11 is 0. The fourth-order valence-corrected chi connectivity index (χ4v) is 3.64. The molecule has 3 aromatic rings. The summed E-state index contributed by atoms with van der Waals surface area (Å²) < 4.78 is 12.6. The van der Waals surface area contributed by atoms with Crippen molar-refractivity contribution in [2.75, 3.05) is 30.1 Å². The van der Waals surface area contributed by atoms with Gasteiger partial charge in [-0.25, -0.2) is 0 Å². The van der Waals surface area contributed by atoms with Crippen molar-refractivity contribution in [2.24, 2.45) is 5.92 Å². The Hall–Kier alpha value is -3.29. The van der Waals surface area contributed by atoms with Gasteiger partial charge in [0, 0.05) is 31.0 Å². The van der Waals surface area contributed by atoms with E-state index in [2.05, 4.69) is 20.4 Å². The van der Waals surface area contributed by atoms with Gasteiger partial charge in [-0.2, -0.15) is 0 Å². The average molecular weight is 365 g/mol. The van der Waals surface area contributed by atoms with Crippen LogP contribution in [0.3, 0.4) is 0 Å². The van der Waals surface area contributed by atoms with Crippen molar-refractivity contribution in [3.8, 4) is 11.5 Å². The molecule has 5 rings (SSSR count). The summed E-state index contributed by atoms with van der Waals surface area (Å²) in [6, 6.07) is 11.3. The molecule has 27 heavy (non-hydrogen) atoms. The standard InChI is InChI=1S/C19H19N5O3/c25-18(20-14-6-7-15-16(10-14)27-12-26-15)13-4-3-8-23(11-13)19-22-21-17-5-1-2-9-24(17)19/h1-2,5-7,9-10,13H,3-4,8,11-12H2,(H,20,25). The molecule has 1 atom stereocenters. The summed E-state index contributed by atoms with van der Waals surface area (Å²) in [6.07, 6.45) is 3.73. The summed E-state index contributed by atoms with van der Waals surface area (Å²) in [5.74, 6) is 2.04. The number of pyridine rings is 1. The van der Waals surface area contributed by atoms with Crippen LogP contribution in [0.4, 0.5) is 11.6 Å². The number of rotatable bonds is 3. The van der Waals surface area contributed by atoms with E-state index in [-0.39, 0.29) is 18.6 Å². The van der Waals surface area contributed by atoms with Crippen molar-refractivity contribution in [3.05, 3.63) is 42.6 Å². The third kappa shape index (κ3) is 2.92. The second-order valence-electron chi connectivity index (χ2n) is 6.77. The summed E-state index contributed by atoms with van der Waals surface area (Å²) in [5.41, 5.74) is 1.52. The first-order valence-corrected chi connectivity index (χ1v) is 9.03. The van der Waals surface area contributed by atoms with Crippen molar-refractivity contribution in [1.82, 2.24) is 14.6 Å². The number of benzene rings is 1. The zero-order valence-corrected chi connectivity index (χ0v) is 14.7. The van der Waals surface area contributed by atoms with Crippen LogP contribution in [0.2, 0.25) is 0 Å². The lowest BCUT2D eigenvalue weighted by atomic mass is 9.97. The molecule has 4 heterocycles. The van der Waals surface area contributed by atoms with E-state index in [1.54, 1.807) is 6.07 Å². The second kappa shape index (κ2) is 6.46. The van der Waals surface area contributed by atoms with Gasteiger partial charge in [-0.15, -0.1) is 10.2 Å². The Labute approximate surface area is 155 Å². The zero-order valence-electron chi connectivity index (χ0n) is 14.7. The van der Waals surface area contributed by atoms with E-state index in [4.69, 9.17) is 9.47 Å². The number of hydrogen-bond acceptors (Lipinski definition) is 6. The molecule has 2 aromatic heterocycles. The van der Waals surface area contributed by atoms with Gasteiger partial charge in [0.15, 0.2) is 17.1 Å². The van der Waals surface area contributed by atoms with Crippen LogP contribution in [-0.4, -0.2) is 40.4 Å². The first-order valence-electron chi connectivity index (χ1n) is 9.03. The minimum absolute atomic E-state index is 0.00684. The molecule has 1 unspecified atom stereocenters. The number of carbonyl (C=O) groups is 1. The van der Waals surface area contributed by atoms with Gasteiger partial charge in [0.1, 0.15) is 0 Å². The monoisotopic (exact) mass is 365 g/mol. The molecule has 1 saturated heterocycles. The maximum atomic E-state index is 12.8. The SMILES string of the molecule is O=C(Nc1ccc2c(c1)OCO2)C1CCCN(c2nnc3ccccn23)C1. The van der Waals surface area contributed by atoms with Crippen LogP contribution in [0.5, 0.6) is 11.5 Å². The lowest BCUT2D eigenvalue weighted by Crippen LogP contribution is -2.41. The molecular weight excluding hydrogens is 346 g/mol. The molecule has 0 aliphatic carbocycles. The van der Waals surface area contributed by atoms with Crippen LogP contribution < -0.4 is 19.7 Å². The Morgan fingerprint density at radius 3 is 3.04 bits per heavy atom. The van der Waals surface area contributed by atoms with Crippen LogP contribution in [0.1, 0.15) is 12.8 Å². The highest BCUT2D eigenvalue weighted by molar-refractivity contribution is 5.93. The smallest absolute Gasteiger partial charge is 0.231 e. The van der Waals surface area contributed by atoms with Crippen LogP contribution in [-0.2, 0) is 4.79 Å². The quantitative estimate of drug-likeness (QED) is 0.767. The Bertz CT molecular complexity index is 1000. The molecule has 0 bridgehead atoms. The minimum Gasteiger partial charge on any atom is -0.454 e. The van der Waals surface area contributed by atoms with Crippen LogP contribution in [0.25, 0.3) is 5.65 Å². The maximum Gasteiger partial charge on any atom is 0.231 e. The Morgan fingerprint density at radius 2 is 2.07 bits per heavy atom. The molecule has 0 radical (unpaired) electrons. The molecule has 8 heteroatoms. The second-order valence-corrected chi connectivity index (χ2v) is 6.77. The fourth-order valence-electron chi connectivity index (χ4n) is 3.64. The third-order valence-corrected chi connectivity index (χ3v) is 5.01. The number of piperidine rings is 1. The minimum atomic E-state index is -0.111. The van der Waals surface area contributed by atoms with Crippen LogP contribution >= 0.6 is 0 Å². The molecule has 2 aliphatic rings. The summed E-state index contributed by atoms with van der Waals surface area (Å²) in [7, 11) is 0. The van der Waals surface area contributed by atoms with E-state index >= 15 is 0 Å². The molecule has 1 aromatic carbocycles. The van der Waals surface area contributed by atoms with Crippen LogP contribution in [0, 0.1) is 5.92 Å². The van der Waals surface area contributed by atoms with E-state index < -0.39 is 0 Å². The van der Waals surface area contributed by atoms with E-state index in [9.17, 15) is 4.79 Å². The molecule has 8 nitrogen and oxygen atoms in total. The Balaban J connectivity index is 1.31. The fraction of sp³-hybridized carbons (Fsp3) is 0.316. The number of ether oxygens (including phenoxy) is 2. The van der Waals surface area contributed by atoms with Crippen LogP contribution in [0.15, 0.2) is 42.6 Å². The number of hydrogen-bond donors (Lipinski definition) is 1. The van der Waals surface area contributed by atoms with Gasteiger partial charge < -0.3 is 19.7 Å². The molecule has 1 fully saturated rings. The van der Waals surface area contributed by atoms with Gasteiger partial charge >= 0.3 is 0 Å². The number of anilines is 2. The average Bonchev–Trinajstić information content (AvgIpc) is 3.34. The van der Waals surface area contributed by atoms with Crippen molar-refractivity contribution in [2.45, 2.75) is 12.8 Å². The number of carbonyl (C=O) groups excluding carboxylic acids is 1. The third-order valence-electron chi connectivity index (χ3n) is 5.01. The molecule has 1 N–H and O–H groups in total. The lowest BCUT2D eigenvalue weighted by Gasteiger charge is -2.32. The largest absolute Gasteiger partial charge is 0.454 e. The van der Waals surface area contributed by atoms with E-state index in [1.807, 2.05) is 40.9 Å². The van der Waals surface area contributed by atoms with Gasteiger partial charge in [0.2, 0.25) is 18.6 Å². The molecule has 0 saturated carbocycles. The molecular formula is C19H19N5O3. The molecule has 2 aliphatic heterocycles. The van der Waals surface area contributed by atoms with Gasteiger partial charge in [0.25, 0.3) is 0 Å². The van der Waals surface area contributed by atoms with Crippen molar-refractivity contribution in [3.63, 3.8) is 0 Å². The van der Waals surface area contributed by atoms with Crippen molar-refractivity contribution in [1.29, 1.82) is 0 Å². The van der Waals surface area contributed by atoms with E-state index in [1.165, 1.54) is 0 Å². The summed E-state index contributed by atoms with van der Waals surface area (Å²) in [4.78, 5) is 14.9. The first-order chi connectivity index (χ1) is 13.3. The Morgan fingerprint density at radius 1 is 1.15 bits per heavy atom. The van der Waals surface area contributed by atoms with Crippen molar-refractivity contribution < 1.29 is 14.3 Å². The highest BCUT2D eigenvalue weighted by atomic mass is 16.7. The van der Waals surface area contributed by atoms with Gasteiger partial charge in [-0.1, -0.05) is 6.07 Å². The maximum absolute atomic E-state index is 12.8. The molecule has 0 spiro atoms. The van der Waals surface area contributed by atoms with E-state index in [0.717, 1.165) is 31.0 Å². The molecule has 1 amide bonds. The lowest BCUT2D eigenvalue weighted by molar-refractivity contribution is -0.120. The normalized spacial score (nSPS) is 18.7. The van der Waals surface area contributed by atoms with Gasteiger partial charge in [-0.05, 0) is 37.1 Å². The summed E-state index contributed by atoms with van der Waals surface area (Å²) in [5, 5.41) is 11.5. The zero-order chi connectivity index (χ0) is 18.2. The Kier molecular flexibility index (Phi) is 3.81. The number of amides is 1. The van der Waals surface area contributed by atoms with Crippen molar-refractivity contribution >= 4 is 23.2 Å². The number of aromatic nitrogens is 3. The topological polar surface area (TPSA) is 81.0 Å². The highest BCUT2D eigenvalue weighted by Gasteiger charge is 2.28. The summed E-state index contributed by atoms with van der Waals surface area (Å²) in [6.45, 7) is 1.70. The number of nitrogens with one attached hydrogen (secondary N) is 1. The van der Waals surface area contributed by atoms with E-state index in [0.29, 0.717) is 23.7 Å². The predicted octanol–water partition coefficient (Wildman–Crippen LogP) is 2.31. The number of fused-ring (bicyclic) bond motifs is 2. The molecule has 138 valence electrons. The first kappa shape index (κ1) is 15.9.